The van der Waals surface area contributed by atoms with Crippen LogP contribution in [0.2, 0.25) is 0 Å². The summed E-state index contributed by atoms with van der Waals surface area (Å²) >= 11 is 1.56. The standard InChI is InChI=1S/C11H18N2S.ClH/c1-11(2)5-3-8(4-6-11)9-7-14-10(12)13-9;/h7-8H,3-6H2,1-2H3,(H2,12,13);1H. The highest BCUT2D eigenvalue weighted by molar-refractivity contribution is 7.13. The van der Waals surface area contributed by atoms with E-state index in [2.05, 4.69) is 24.2 Å². The van der Waals surface area contributed by atoms with Crippen LogP contribution in [0.5, 0.6) is 0 Å². The molecule has 1 fully saturated rings. The Morgan fingerprint density at radius 3 is 2.47 bits per heavy atom. The zero-order valence-corrected chi connectivity index (χ0v) is 11.0. The normalized spacial score (nSPS) is 20.9. The molecule has 0 spiro atoms. The Kier molecular flexibility index (Phi) is 4.01. The van der Waals surface area contributed by atoms with Crippen LogP contribution in [-0.2, 0) is 0 Å². The molecule has 2 N–H and O–H groups in total. The van der Waals surface area contributed by atoms with Crippen LogP contribution in [0.1, 0.15) is 51.1 Å². The van der Waals surface area contributed by atoms with Gasteiger partial charge in [0, 0.05) is 11.3 Å². The van der Waals surface area contributed by atoms with Crippen molar-refractivity contribution >= 4 is 28.9 Å². The van der Waals surface area contributed by atoms with E-state index in [4.69, 9.17) is 5.73 Å². The lowest BCUT2D eigenvalue weighted by Crippen LogP contribution is -2.20. The first kappa shape index (κ1) is 12.8. The van der Waals surface area contributed by atoms with E-state index in [1.807, 2.05) is 0 Å². The Labute approximate surface area is 102 Å². The topological polar surface area (TPSA) is 38.9 Å². The largest absolute Gasteiger partial charge is 0.375 e. The molecule has 2 nitrogen and oxygen atoms in total. The van der Waals surface area contributed by atoms with E-state index in [1.165, 1.54) is 31.4 Å². The molecule has 0 aliphatic heterocycles. The quantitative estimate of drug-likeness (QED) is 0.818. The number of thiazole rings is 1. The van der Waals surface area contributed by atoms with E-state index in [0.717, 1.165) is 0 Å². The van der Waals surface area contributed by atoms with Gasteiger partial charge in [0.2, 0.25) is 0 Å². The Morgan fingerprint density at radius 1 is 1.40 bits per heavy atom. The van der Waals surface area contributed by atoms with Crippen LogP contribution in [-0.4, -0.2) is 4.98 Å². The van der Waals surface area contributed by atoms with Crippen molar-refractivity contribution in [2.24, 2.45) is 5.41 Å². The highest BCUT2D eigenvalue weighted by atomic mass is 35.5. The summed E-state index contributed by atoms with van der Waals surface area (Å²) in [6.45, 7) is 4.72. The molecule has 0 radical (unpaired) electrons. The van der Waals surface area contributed by atoms with Gasteiger partial charge in [0.05, 0.1) is 5.69 Å². The second kappa shape index (κ2) is 4.71. The fraction of sp³-hybridized carbons (Fsp3) is 0.727. The van der Waals surface area contributed by atoms with Gasteiger partial charge in [-0.2, -0.15) is 0 Å². The molecule has 1 aliphatic rings. The zero-order valence-electron chi connectivity index (χ0n) is 9.32. The highest BCUT2D eigenvalue weighted by Gasteiger charge is 2.28. The smallest absolute Gasteiger partial charge is 0.180 e. The van der Waals surface area contributed by atoms with Gasteiger partial charge in [-0.15, -0.1) is 23.7 Å². The van der Waals surface area contributed by atoms with Crippen molar-refractivity contribution in [1.82, 2.24) is 4.98 Å². The Bertz CT molecular complexity index is 312. The fourth-order valence-corrected chi connectivity index (χ4v) is 2.83. The maximum absolute atomic E-state index is 5.65. The third-order valence-electron chi connectivity index (χ3n) is 3.30. The van der Waals surface area contributed by atoms with Crippen molar-refractivity contribution in [2.75, 3.05) is 5.73 Å². The zero-order chi connectivity index (χ0) is 10.2. The molecule has 0 amide bonds. The molecule has 1 aromatic heterocycles. The minimum Gasteiger partial charge on any atom is -0.375 e. The van der Waals surface area contributed by atoms with Crippen LogP contribution >= 0.6 is 23.7 Å². The number of nitrogens with two attached hydrogens (primary N) is 1. The van der Waals surface area contributed by atoms with Crippen molar-refractivity contribution in [1.29, 1.82) is 0 Å². The maximum atomic E-state index is 5.65. The lowest BCUT2D eigenvalue weighted by atomic mass is 9.72. The lowest BCUT2D eigenvalue weighted by Gasteiger charge is -2.33. The molecule has 15 heavy (non-hydrogen) atoms. The van der Waals surface area contributed by atoms with Gasteiger partial charge in [0.15, 0.2) is 5.13 Å². The number of hydrogen-bond acceptors (Lipinski definition) is 3. The molecule has 2 rings (SSSR count). The van der Waals surface area contributed by atoms with Crippen molar-refractivity contribution < 1.29 is 0 Å². The van der Waals surface area contributed by atoms with Crippen LogP contribution < -0.4 is 5.73 Å². The molecular weight excluding hydrogens is 228 g/mol. The number of anilines is 1. The summed E-state index contributed by atoms with van der Waals surface area (Å²) in [5, 5.41) is 2.84. The molecule has 0 atom stereocenters. The van der Waals surface area contributed by atoms with Crippen LogP contribution in [0.3, 0.4) is 0 Å². The maximum Gasteiger partial charge on any atom is 0.180 e. The van der Waals surface area contributed by atoms with Crippen LogP contribution in [0.4, 0.5) is 5.13 Å². The van der Waals surface area contributed by atoms with E-state index in [0.29, 0.717) is 16.5 Å². The molecule has 0 bridgehead atoms. The minimum absolute atomic E-state index is 0. The average Bonchev–Trinajstić information content (AvgIpc) is 2.52. The molecule has 1 heterocycles. The summed E-state index contributed by atoms with van der Waals surface area (Å²) in [5.41, 5.74) is 7.41. The third kappa shape index (κ3) is 3.08. The van der Waals surface area contributed by atoms with Gasteiger partial charge < -0.3 is 5.73 Å². The second-order valence-electron chi connectivity index (χ2n) is 5.05. The Hall–Kier alpha value is -0.280. The Balaban J connectivity index is 0.00000112. The summed E-state index contributed by atoms with van der Waals surface area (Å²) in [7, 11) is 0. The molecule has 0 unspecified atom stereocenters. The van der Waals surface area contributed by atoms with Gasteiger partial charge in [-0.25, -0.2) is 4.98 Å². The fourth-order valence-electron chi connectivity index (χ4n) is 2.18. The molecule has 4 heteroatoms. The predicted molar refractivity (Wildman–Crippen MR) is 68.8 cm³/mol. The summed E-state index contributed by atoms with van der Waals surface area (Å²) < 4.78 is 0. The number of halogens is 1. The second-order valence-corrected chi connectivity index (χ2v) is 5.94. The van der Waals surface area contributed by atoms with Crippen molar-refractivity contribution in [3.8, 4) is 0 Å². The summed E-state index contributed by atoms with van der Waals surface area (Å²) in [6, 6.07) is 0. The summed E-state index contributed by atoms with van der Waals surface area (Å²) in [5.74, 6) is 0.663. The number of nitrogens with zero attached hydrogens (tertiary/aromatic N) is 1. The van der Waals surface area contributed by atoms with E-state index < -0.39 is 0 Å². The van der Waals surface area contributed by atoms with Gasteiger partial charge in [-0.05, 0) is 31.1 Å². The van der Waals surface area contributed by atoms with Gasteiger partial charge in [-0.1, -0.05) is 13.8 Å². The monoisotopic (exact) mass is 246 g/mol. The number of hydrogen-bond donors (Lipinski definition) is 1. The van der Waals surface area contributed by atoms with Gasteiger partial charge in [-0.3, -0.25) is 0 Å². The lowest BCUT2D eigenvalue weighted by molar-refractivity contribution is 0.223. The van der Waals surface area contributed by atoms with E-state index in [9.17, 15) is 0 Å². The molecule has 86 valence electrons. The van der Waals surface area contributed by atoms with Crippen molar-refractivity contribution in [3.05, 3.63) is 11.1 Å². The number of rotatable bonds is 1. The number of nitrogen functional groups attached to an aromatic ring is 1. The average molecular weight is 247 g/mol. The Morgan fingerprint density at radius 2 is 2.00 bits per heavy atom. The number of aromatic nitrogens is 1. The first-order chi connectivity index (χ1) is 6.57. The predicted octanol–water partition coefficient (Wildman–Crippen LogP) is 3.83. The summed E-state index contributed by atoms with van der Waals surface area (Å²) in [4.78, 5) is 4.38. The van der Waals surface area contributed by atoms with E-state index in [-0.39, 0.29) is 12.4 Å². The van der Waals surface area contributed by atoms with Crippen LogP contribution in [0.15, 0.2) is 5.38 Å². The SMILES string of the molecule is CC1(C)CCC(c2csc(N)n2)CC1.Cl. The molecule has 1 aliphatic carbocycles. The van der Waals surface area contributed by atoms with E-state index in [1.54, 1.807) is 11.3 Å². The third-order valence-corrected chi connectivity index (χ3v) is 3.99. The van der Waals surface area contributed by atoms with Crippen molar-refractivity contribution in [2.45, 2.75) is 45.4 Å². The first-order valence-corrected chi connectivity index (χ1v) is 6.16. The van der Waals surface area contributed by atoms with Crippen molar-refractivity contribution in [3.63, 3.8) is 0 Å². The molecule has 0 aromatic carbocycles. The first-order valence-electron chi connectivity index (χ1n) is 5.28. The highest BCUT2D eigenvalue weighted by Crippen LogP contribution is 2.42. The molecule has 1 saturated carbocycles. The van der Waals surface area contributed by atoms with E-state index >= 15 is 0 Å². The molecule has 1 aromatic rings. The van der Waals surface area contributed by atoms with Gasteiger partial charge in [0.1, 0.15) is 0 Å². The van der Waals surface area contributed by atoms with Crippen LogP contribution in [0.25, 0.3) is 0 Å². The van der Waals surface area contributed by atoms with Crippen LogP contribution in [0, 0.1) is 5.41 Å². The van der Waals surface area contributed by atoms with Gasteiger partial charge >= 0.3 is 0 Å². The minimum atomic E-state index is 0. The summed E-state index contributed by atoms with van der Waals surface area (Å²) in [6.07, 6.45) is 5.18. The molecular formula is C11H19ClN2S. The van der Waals surface area contributed by atoms with Gasteiger partial charge in [0.25, 0.3) is 0 Å². The molecule has 0 saturated heterocycles.